The summed E-state index contributed by atoms with van der Waals surface area (Å²) in [6, 6.07) is 14.7. The van der Waals surface area contributed by atoms with Crippen LogP contribution in [0, 0.1) is 5.82 Å². The Hall–Kier alpha value is -2.73. The van der Waals surface area contributed by atoms with Gasteiger partial charge in [0.25, 0.3) is 0 Å². The van der Waals surface area contributed by atoms with Crippen LogP contribution in [-0.2, 0) is 9.59 Å². The highest BCUT2D eigenvalue weighted by molar-refractivity contribution is 5.93. The Morgan fingerprint density at radius 2 is 1.77 bits per heavy atom. The van der Waals surface area contributed by atoms with Crippen molar-refractivity contribution in [3.05, 3.63) is 66.0 Å². The molecule has 1 atom stereocenters. The summed E-state index contributed by atoms with van der Waals surface area (Å²) in [7, 11) is 1.74. The first-order valence-corrected chi connectivity index (χ1v) is 8.64. The highest BCUT2D eigenvalue weighted by atomic mass is 19.1. The first-order valence-electron chi connectivity index (χ1n) is 8.64. The van der Waals surface area contributed by atoms with E-state index in [9.17, 15) is 14.0 Å². The standard InChI is InChI=1S/C20H22FN3O2/c1-24(13-18(25)22-16-9-7-15(21)8-10-16)19(14-5-3-2-4-6-14)20(26)23-17-11-12-17/h2-10,17,19H,11-13H2,1H3,(H,22,25)(H,23,26)/t19-/m1/s1. The van der Waals surface area contributed by atoms with Gasteiger partial charge in [-0.2, -0.15) is 0 Å². The third kappa shape index (κ3) is 4.89. The number of halogens is 1. The third-order valence-corrected chi connectivity index (χ3v) is 4.25. The highest BCUT2D eigenvalue weighted by Crippen LogP contribution is 2.24. The summed E-state index contributed by atoms with van der Waals surface area (Å²) in [5.74, 6) is -0.726. The molecule has 0 spiro atoms. The minimum Gasteiger partial charge on any atom is -0.352 e. The number of carbonyl (C=O) groups is 2. The summed E-state index contributed by atoms with van der Waals surface area (Å²) >= 11 is 0. The van der Waals surface area contributed by atoms with Crippen molar-refractivity contribution < 1.29 is 14.0 Å². The maximum absolute atomic E-state index is 13.0. The monoisotopic (exact) mass is 355 g/mol. The van der Waals surface area contributed by atoms with E-state index in [-0.39, 0.29) is 30.2 Å². The summed E-state index contributed by atoms with van der Waals surface area (Å²) < 4.78 is 13.0. The molecule has 1 aliphatic carbocycles. The average molecular weight is 355 g/mol. The number of nitrogens with zero attached hydrogens (tertiary/aromatic N) is 1. The van der Waals surface area contributed by atoms with Crippen LogP contribution < -0.4 is 10.6 Å². The molecule has 1 fully saturated rings. The van der Waals surface area contributed by atoms with Crippen LogP contribution in [0.1, 0.15) is 24.4 Å². The van der Waals surface area contributed by atoms with Crippen molar-refractivity contribution in [2.75, 3.05) is 18.9 Å². The maximum Gasteiger partial charge on any atom is 0.242 e. The SMILES string of the molecule is CN(CC(=O)Nc1ccc(F)cc1)[C@@H](C(=O)NC1CC1)c1ccccc1. The summed E-state index contributed by atoms with van der Waals surface area (Å²) in [6.07, 6.45) is 2.00. The van der Waals surface area contributed by atoms with E-state index in [0.29, 0.717) is 5.69 Å². The third-order valence-electron chi connectivity index (χ3n) is 4.25. The lowest BCUT2D eigenvalue weighted by Gasteiger charge is -2.27. The molecule has 0 aliphatic heterocycles. The minimum atomic E-state index is -0.546. The zero-order chi connectivity index (χ0) is 18.5. The van der Waals surface area contributed by atoms with Gasteiger partial charge in [0, 0.05) is 11.7 Å². The predicted octanol–water partition coefficient (Wildman–Crippen LogP) is 2.72. The Morgan fingerprint density at radius 3 is 2.38 bits per heavy atom. The van der Waals surface area contributed by atoms with E-state index in [1.807, 2.05) is 30.3 Å². The van der Waals surface area contributed by atoms with Crippen LogP contribution in [-0.4, -0.2) is 36.3 Å². The fraction of sp³-hybridized carbons (Fsp3) is 0.300. The topological polar surface area (TPSA) is 61.4 Å². The van der Waals surface area contributed by atoms with Gasteiger partial charge in [-0.25, -0.2) is 4.39 Å². The summed E-state index contributed by atoms with van der Waals surface area (Å²) in [5.41, 5.74) is 1.35. The van der Waals surface area contributed by atoms with E-state index in [4.69, 9.17) is 0 Å². The summed E-state index contributed by atoms with van der Waals surface area (Å²) in [4.78, 5) is 26.7. The molecule has 5 nitrogen and oxygen atoms in total. The lowest BCUT2D eigenvalue weighted by Crippen LogP contribution is -2.42. The summed E-state index contributed by atoms with van der Waals surface area (Å²) in [6.45, 7) is 0.0367. The van der Waals surface area contributed by atoms with Crippen LogP contribution in [0.25, 0.3) is 0 Å². The second-order valence-corrected chi connectivity index (χ2v) is 6.57. The molecule has 3 rings (SSSR count). The van der Waals surface area contributed by atoms with Crippen molar-refractivity contribution >= 4 is 17.5 Å². The number of benzene rings is 2. The number of carbonyl (C=O) groups excluding carboxylic acids is 2. The quantitative estimate of drug-likeness (QED) is 0.803. The van der Waals surface area contributed by atoms with E-state index in [1.54, 1.807) is 11.9 Å². The Kier molecular flexibility index (Phi) is 5.63. The molecule has 0 aromatic heterocycles. The first-order chi connectivity index (χ1) is 12.5. The first kappa shape index (κ1) is 18.1. The molecule has 1 saturated carbocycles. The Bertz CT molecular complexity index is 760. The zero-order valence-electron chi connectivity index (χ0n) is 14.6. The second kappa shape index (κ2) is 8.10. The van der Waals surface area contributed by atoms with Gasteiger partial charge in [-0.1, -0.05) is 30.3 Å². The van der Waals surface area contributed by atoms with Gasteiger partial charge >= 0.3 is 0 Å². The molecule has 2 aromatic rings. The fourth-order valence-corrected chi connectivity index (χ4v) is 2.80. The zero-order valence-corrected chi connectivity index (χ0v) is 14.6. The van der Waals surface area contributed by atoms with Gasteiger partial charge in [-0.3, -0.25) is 14.5 Å². The molecule has 1 aliphatic rings. The van der Waals surface area contributed by atoms with Gasteiger partial charge in [-0.15, -0.1) is 0 Å². The molecule has 136 valence electrons. The normalized spacial score (nSPS) is 14.7. The van der Waals surface area contributed by atoms with Gasteiger partial charge in [0.15, 0.2) is 0 Å². The van der Waals surface area contributed by atoms with E-state index < -0.39 is 6.04 Å². The Morgan fingerprint density at radius 1 is 1.12 bits per heavy atom. The lowest BCUT2D eigenvalue weighted by molar-refractivity contribution is -0.127. The Labute approximate surface area is 152 Å². The number of amides is 2. The molecule has 0 bridgehead atoms. The molecule has 0 unspecified atom stereocenters. The molecular formula is C20H22FN3O2. The van der Waals surface area contributed by atoms with Crippen LogP contribution in [0.15, 0.2) is 54.6 Å². The van der Waals surface area contributed by atoms with Gasteiger partial charge < -0.3 is 10.6 Å². The van der Waals surface area contributed by atoms with Crippen molar-refractivity contribution in [3.8, 4) is 0 Å². The minimum absolute atomic E-state index is 0.0367. The largest absolute Gasteiger partial charge is 0.352 e. The van der Waals surface area contributed by atoms with Gasteiger partial charge in [0.1, 0.15) is 11.9 Å². The molecule has 6 heteroatoms. The van der Waals surface area contributed by atoms with E-state index in [0.717, 1.165) is 18.4 Å². The molecule has 0 heterocycles. The van der Waals surface area contributed by atoms with Crippen molar-refractivity contribution in [1.29, 1.82) is 0 Å². The van der Waals surface area contributed by atoms with Crippen LogP contribution in [0.3, 0.4) is 0 Å². The van der Waals surface area contributed by atoms with Crippen molar-refractivity contribution in [2.45, 2.75) is 24.9 Å². The van der Waals surface area contributed by atoms with Crippen molar-refractivity contribution in [1.82, 2.24) is 10.2 Å². The van der Waals surface area contributed by atoms with Crippen molar-refractivity contribution in [3.63, 3.8) is 0 Å². The molecule has 0 radical (unpaired) electrons. The number of nitrogens with one attached hydrogen (secondary N) is 2. The number of likely N-dealkylation sites (N-methyl/N-ethyl adjacent to an activating group) is 1. The van der Waals surface area contributed by atoms with Crippen LogP contribution >= 0.6 is 0 Å². The molecule has 0 saturated heterocycles. The molecule has 2 amide bonds. The fourth-order valence-electron chi connectivity index (χ4n) is 2.80. The van der Waals surface area contributed by atoms with Gasteiger partial charge in [-0.05, 0) is 49.7 Å². The predicted molar refractivity (Wildman–Crippen MR) is 98.0 cm³/mol. The lowest BCUT2D eigenvalue weighted by atomic mass is 10.0. The second-order valence-electron chi connectivity index (χ2n) is 6.57. The molecule has 2 N–H and O–H groups in total. The van der Waals surface area contributed by atoms with E-state index >= 15 is 0 Å². The summed E-state index contributed by atoms with van der Waals surface area (Å²) in [5, 5.41) is 5.73. The van der Waals surface area contributed by atoms with E-state index in [2.05, 4.69) is 10.6 Å². The number of hydrogen-bond donors (Lipinski definition) is 2. The van der Waals surface area contributed by atoms with Crippen LogP contribution in [0.2, 0.25) is 0 Å². The average Bonchev–Trinajstić information content (AvgIpc) is 3.42. The maximum atomic E-state index is 13.0. The van der Waals surface area contributed by atoms with Crippen LogP contribution in [0.4, 0.5) is 10.1 Å². The smallest absolute Gasteiger partial charge is 0.242 e. The number of anilines is 1. The molecular weight excluding hydrogens is 333 g/mol. The molecule has 2 aromatic carbocycles. The van der Waals surface area contributed by atoms with E-state index in [1.165, 1.54) is 24.3 Å². The molecule has 26 heavy (non-hydrogen) atoms. The highest BCUT2D eigenvalue weighted by Gasteiger charge is 2.31. The number of rotatable bonds is 7. The van der Waals surface area contributed by atoms with Gasteiger partial charge in [0.05, 0.1) is 6.54 Å². The van der Waals surface area contributed by atoms with Gasteiger partial charge in [0.2, 0.25) is 11.8 Å². The number of hydrogen-bond acceptors (Lipinski definition) is 3. The van der Waals surface area contributed by atoms with Crippen LogP contribution in [0.5, 0.6) is 0 Å². The van der Waals surface area contributed by atoms with Crippen molar-refractivity contribution in [2.24, 2.45) is 0 Å². The Balaban J connectivity index is 1.67.